The van der Waals surface area contributed by atoms with Crippen LogP contribution in [-0.4, -0.2) is 68.6 Å². The lowest BCUT2D eigenvalue weighted by Crippen LogP contribution is -2.56. The number of amides is 1. The maximum absolute atomic E-state index is 13.4. The molecule has 1 spiro atoms. The summed E-state index contributed by atoms with van der Waals surface area (Å²) in [6.07, 6.45) is 6.90. The van der Waals surface area contributed by atoms with Gasteiger partial charge in [0.15, 0.2) is 5.82 Å². The van der Waals surface area contributed by atoms with E-state index in [1.807, 2.05) is 11.1 Å². The Kier molecular flexibility index (Phi) is 4.77. The highest BCUT2D eigenvalue weighted by molar-refractivity contribution is 5.88. The number of imidazole rings is 1. The van der Waals surface area contributed by atoms with Crippen LogP contribution in [0.15, 0.2) is 53.4 Å². The summed E-state index contributed by atoms with van der Waals surface area (Å²) in [5, 5.41) is 0. The van der Waals surface area contributed by atoms with Crippen molar-refractivity contribution in [2.24, 2.45) is 16.3 Å². The van der Waals surface area contributed by atoms with Gasteiger partial charge in [-0.1, -0.05) is 6.08 Å². The molecule has 8 nitrogen and oxygen atoms in total. The molecule has 0 aromatic carbocycles. The summed E-state index contributed by atoms with van der Waals surface area (Å²) < 4.78 is 41.3. The van der Waals surface area contributed by atoms with Crippen molar-refractivity contribution in [2.75, 3.05) is 31.1 Å². The molecule has 3 aromatic heterocycles. The molecule has 0 bridgehead atoms. The van der Waals surface area contributed by atoms with Crippen LogP contribution in [0.4, 0.5) is 19.0 Å². The van der Waals surface area contributed by atoms with Gasteiger partial charge in [-0.2, -0.15) is 13.2 Å². The van der Waals surface area contributed by atoms with E-state index in [2.05, 4.69) is 25.9 Å². The number of piperazine rings is 1. The number of carbonyl (C=O) groups excluding carboxylic acids is 1. The Balaban J connectivity index is 1.18. The molecule has 1 amide bonds. The molecule has 4 aliphatic rings. The predicted molar refractivity (Wildman–Crippen MR) is 130 cm³/mol. The van der Waals surface area contributed by atoms with Gasteiger partial charge in [0, 0.05) is 44.2 Å². The largest absolute Gasteiger partial charge is 0.417 e. The van der Waals surface area contributed by atoms with Crippen LogP contribution in [-0.2, 0) is 11.0 Å². The molecule has 2 saturated carbocycles. The lowest BCUT2D eigenvalue weighted by Gasteiger charge is -2.42. The highest BCUT2D eigenvalue weighted by atomic mass is 19.4. The SMILES string of the molecule is O=C(C1CC12CC2)N1CCN(c2ccnc(-c3cnc4ccc(C(F)(F)F)cn34)n2)CC1C1=CCN=C1. The molecule has 0 N–H and O–H groups in total. The number of aliphatic imine (C=N–C) groups is 1. The summed E-state index contributed by atoms with van der Waals surface area (Å²) in [5.41, 5.74) is 1.32. The molecule has 2 unspecified atom stereocenters. The number of hydrogen-bond acceptors (Lipinski definition) is 6. The Morgan fingerprint density at radius 1 is 1.11 bits per heavy atom. The average molecular weight is 508 g/mol. The fourth-order valence-electron chi connectivity index (χ4n) is 5.70. The molecular weight excluding hydrogens is 483 g/mol. The molecule has 3 fully saturated rings. The Labute approximate surface area is 210 Å². The van der Waals surface area contributed by atoms with Crippen LogP contribution >= 0.6 is 0 Å². The van der Waals surface area contributed by atoms with Crippen molar-refractivity contribution in [3.63, 3.8) is 0 Å². The first-order valence-electron chi connectivity index (χ1n) is 12.5. The summed E-state index contributed by atoms with van der Waals surface area (Å²) in [7, 11) is 0. The van der Waals surface area contributed by atoms with Gasteiger partial charge in [-0.3, -0.25) is 14.2 Å². The van der Waals surface area contributed by atoms with Crippen LogP contribution in [0, 0.1) is 11.3 Å². The van der Waals surface area contributed by atoms with Crippen LogP contribution in [0.3, 0.4) is 0 Å². The second-order valence-electron chi connectivity index (χ2n) is 10.3. The second-order valence-corrected chi connectivity index (χ2v) is 10.3. The first kappa shape index (κ1) is 22.4. The lowest BCUT2D eigenvalue weighted by molar-refractivity contribution is -0.138. The third-order valence-corrected chi connectivity index (χ3v) is 8.13. The molecule has 190 valence electrons. The fourth-order valence-corrected chi connectivity index (χ4v) is 5.70. The monoisotopic (exact) mass is 507 g/mol. The third-order valence-electron chi connectivity index (χ3n) is 8.13. The lowest BCUT2D eigenvalue weighted by atomic mass is 10.0. The molecule has 1 saturated heterocycles. The van der Waals surface area contributed by atoms with E-state index >= 15 is 0 Å². The fraction of sp³-hybridized carbons (Fsp3) is 0.423. The molecule has 3 aromatic rings. The number of halogens is 3. The molecule has 5 heterocycles. The van der Waals surface area contributed by atoms with Crippen molar-refractivity contribution >= 4 is 23.6 Å². The van der Waals surface area contributed by atoms with Gasteiger partial charge in [0.25, 0.3) is 0 Å². The number of rotatable bonds is 4. The number of anilines is 1. The van der Waals surface area contributed by atoms with E-state index in [0.29, 0.717) is 48.8 Å². The van der Waals surface area contributed by atoms with Gasteiger partial charge in [-0.25, -0.2) is 15.0 Å². The van der Waals surface area contributed by atoms with Crippen molar-refractivity contribution in [3.05, 3.63) is 54.0 Å². The van der Waals surface area contributed by atoms with Crippen molar-refractivity contribution in [1.82, 2.24) is 24.3 Å². The second kappa shape index (κ2) is 7.87. The van der Waals surface area contributed by atoms with E-state index in [4.69, 9.17) is 4.98 Å². The number of pyridine rings is 1. The van der Waals surface area contributed by atoms with Crippen molar-refractivity contribution in [2.45, 2.75) is 31.5 Å². The zero-order chi connectivity index (χ0) is 25.4. The van der Waals surface area contributed by atoms with Gasteiger partial charge in [-0.15, -0.1) is 0 Å². The van der Waals surface area contributed by atoms with Crippen LogP contribution in [0.25, 0.3) is 17.2 Å². The minimum atomic E-state index is -4.47. The number of aromatic nitrogens is 4. The van der Waals surface area contributed by atoms with Gasteiger partial charge in [-0.05, 0) is 48.4 Å². The predicted octanol–water partition coefficient (Wildman–Crippen LogP) is 3.64. The summed E-state index contributed by atoms with van der Waals surface area (Å²) in [5.74, 6) is 1.35. The molecular formula is C26H24F3N7O. The van der Waals surface area contributed by atoms with Gasteiger partial charge in [0.05, 0.1) is 24.3 Å². The van der Waals surface area contributed by atoms with Gasteiger partial charge >= 0.3 is 6.18 Å². The molecule has 2 atom stereocenters. The number of fused-ring (bicyclic) bond motifs is 1. The van der Waals surface area contributed by atoms with Gasteiger partial charge in [0.2, 0.25) is 5.91 Å². The van der Waals surface area contributed by atoms with Gasteiger partial charge < -0.3 is 9.80 Å². The van der Waals surface area contributed by atoms with E-state index in [1.165, 1.54) is 16.7 Å². The number of nitrogens with zero attached hydrogens (tertiary/aromatic N) is 7. The van der Waals surface area contributed by atoms with Crippen LogP contribution < -0.4 is 4.90 Å². The molecule has 37 heavy (non-hydrogen) atoms. The number of hydrogen-bond donors (Lipinski definition) is 0. The third kappa shape index (κ3) is 3.79. The Morgan fingerprint density at radius 2 is 1.97 bits per heavy atom. The minimum Gasteiger partial charge on any atom is -0.352 e. The van der Waals surface area contributed by atoms with Crippen LogP contribution in [0.1, 0.15) is 24.8 Å². The molecule has 7 rings (SSSR count). The number of carbonyl (C=O) groups is 1. The van der Waals surface area contributed by atoms with Crippen molar-refractivity contribution in [1.29, 1.82) is 0 Å². The van der Waals surface area contributed by atoms with E-state index in [1.54, 1.807) is 12.3 Å². The van der Waals surface area contributed by atoms with E-state index in [0.717, 1.165) is 37.1 Å². The highest BCUT2D eigenvalue weighted by Crippen LogP contribution is 2.71. The van der Waals surface area contributed by atoms with Gasteiger partial charge in [0.1, 0.15) is 17.2 Å². The van der Waals surface area contributed by atoms with E-state index in [-0.39, 0.29) is 23.7 Å². The average Bonchev–Trinajstić information content (AvgIpc) is 3.67. The summed E-state index contributed by atoms with van der Waals surface area (Å²) in [6, 6.07) is 4.02. The van der Waals surface area contributed by atoms with Crippen molar-refractivity contribution < 1.29 is 18.0 Å². The summed E-state index contributed by atoms with van der Waals surface area (Å²) in [6.45, 7) is 2.36. The zero-order valence-corrected chi connectivity index (χ0v) is 19.9. The highest BCUT2D eigenvalue weighted by Gasteiger charge is 2.66. The normalized spacial score (nSPS) is 24.1. The molecule has 2 aliphatic carbocycles. The molecule has 11 heteroatoms. The van der Waals surface area contributed by atoms with Crippen LogP contribution in [0.2, 0.25) is 0 Å². The van der Waals surface area contributed by atoms with Crippen LogP contribution in [0.5, 0.6) is 0 Å². The summed E-state index contributed by atoms with van der Waals surface area (Å²) >= 11 is 0. The maximum atomic E-state index is 13.4. The first-order valence-corrected chi connectivity index (χ1v) is 12.5. The number of alkyl halides is 3. The van der Waals surface area contributed by atoms with Crippen molar-refractivity contribution in [3.8, 4) is 11.5 Å². The Bertz CT molecular complexity index is 1470. The van der Waals surface area contributed by atoms with E-state index in [9.17, 15) is 18.0 Å². The topological polar surface area (TPSA) is 79.0 Å². The van der Waals surface area contributed by atoms with E-state index < -0.39 is 11.7 Å². The maximum Gasteiger partial charge on any atom is 0.417 e. The smallest absolute Gasteiger partial charge is 0.352 e. The summed E-state index contributed by atoms with van der Waals surface area (Å²) in [4.78, 5) is 35.1. The standard InChI is InChI=1S/C26H24F3N7O/c27-26(28,29)17-1-2-21-32-13-19(36(21)14-17)23-31-8-4-22(33-23)34-9-10-35(20(15-34)16-3-7-30-12-16)24(37)18-11-25(18)5-6-25/h1-4,8,12-14,18,20H,5-7,9-11,15H2. The first-order chi connectivity index (χ1) is 17.8. The zero-order valence-electron chi connectivity index (χ0n) is 19.9. The molecule has 0 radical (unpaired) electrons. The Hall–Kier alpha value is -3.76. The minimum absolute atomic E-state index is 0.118. The quantitative estimate of drug-likeness (QED) is 0.539. The molecule has 2 aliphatic heterocycles. The Morgan fingerprint density at radius 3 is 2.70 bits per heavy atom.